The van der Waals surface area contributed by atoms with E-state index in [1.807, 2.05) is 13.8 Å². The Morgan fingerprint density at radius 3 is 2.40 bits per heavy atom. The Morgan fingerprint density at radius 2 is 1.80 bits per heavy atom. The van der Waals surface area contributed by atoms with Crippen molar-refractivity contribution in [2.75, 3.05) is 0 Å². The monoisotopic (exact) mass is 205 g/mol. The van der Waals surface area contributed by atoms with Gasteiger partial charge in [-0.2, -0.15) is 0 Å². The summed E-state index contributed by atoms with van der Waals surface area (Å²) in [5.74, 6) is 1.31. The van der Waals surface area contributed by atoms with Crippen LogP contribution >= 0.6 is 0 Å². The number of benzene rings is 1. The summed E-state index contributed by atoms with van der Waals surface area (Å²) in [6.07, 6.45) is 0. The van der Waals surface area contributed by atoms with Crippen molar-refractivity contribution < 1.29 is 4.57 Å². The van der Waals surface area contributed by atoms with E-state index in [4.69, 9.17) is 0 Å². The van der Waals surface area contributed by atoms with Crippen LogP contribution in [-0.4, -0.2) is 4.57 Å². The molecule has 0 radical (unpaired) electrons. The molecule has 1 aromatic carbocycles. The van der Waals surface area contributed by atoms with Gasteiger partial charge in [-0.3, -0.25) is 0 Å². The lowest BCUT2D eigenvalue weighted by Crippen LogP contribution is -2.30. The Kier molecular flexibility index (Phi) is 3.89. The summed E-state index contributed by atoms with van der Waals surface area (Å²) in [7, 11) is 2.11. The molecular weight excluding hydrogens is 184 g/mol. The van der Waals surface area contributed by atoms with Crippen molar-refractivity contribution in [3.8, 4) is 0 Å². The summed E-state index contributed by atoms with van der Waals surface area (Å²) in [5.41, 5.74) is 2.63. The fraction of sp³-hybridized carbons (Fsp3) is 0.462. The molecule has 0 saturated heterocycles. The first-order chi connectivity index (χ1) is 7.25. The Bertz CT molecular complexity index is 441. The average molecular weight is 205 g/mol. The number of para-hydroxylation sites is 2. The number of nitrogens with zero attached hydrogens (tertiary/aromatic N) is 2. The van der Waals surface area contributed by atoms with Crippen LogP contribution in [0.2, 0.25) is 0 Å². The molecule has 0 N–H and O–H groups in total. The minimum atomic E-state index is 1.03. The molecule has 0 fully saturated rings. The van der Waals surface area contributed by atoms with Crippen LogP contribution in [0.1, 0.15) is 26.6 Å². The summed E-state index contributed by atoms with van der Waals surface area (Å²) in [4.78, 5) is 0. The first-order valence-electron chi connectivity index (χ1n) is 5.69. The van der Waals surface area contributed by atoms with Crippen molar-refractivity contribution >= 4 is 11.0 Å². The number of rotatable bonds is 1. The average Bonchev–Trinajstić information content (AvgIpc) is 2.55. The van der Waals surface area contributed by atoms with Gasteiger partial charge in [0.2, 0.25) is 0 Å². The van der Waals surface area contributed by atoms with Crippen LogP contribution in [0.5, 0.6) is 0 Å². The predicted octanol–water partition coefficient (Wildman–Crippen LogP) is 2.82. The van der Waals surface area contributed by atoms with E-state index >= 15 is 0 Å². The van der Waals surface area contributed by atoms with Crippen molar-refractivity contribution in [1.29, 1.82) is 0 Å². The minimum Gasteiger partial charge on any atom is -0.230 e. The number of hydrogen-bond donors (Lipinski definition) is 0. The fourth-order valence-corrected chi connectivity index (χ4v) is 1.90. The van der Waals surface area contributed by atoms with Gasteiger partial charge in [0.15, 0.2) is 11.0 Å². The number of aromatic nitrogens is 2. The molecule has 2 nitrogen and oxygen atoms in total. The van der Waals surface area contributed by atoms with Gasteiger partial charge in [0.05, 0.1) is 13.6 Å². The van der Waals surface area contributed by atoms with Gasteiger partial charge in [-0.05, 0) is 19.1 Å². The van der Waals surface area contributed by atoms with E-state index in [2.05, 4.69) is 54.3 Å². The molecule has 0 unspecified atom stereocenters. The molecule has 82 valence electrons. The first-order valence-corrected chi connectivity index (χ1v) is 5.69. The molecular formula is C13H21N2+. The second-order valence-corrected chi connectivity index (χ2v) is 3.34. The van der Waals surface area contributed by atoms with Crippen molar-refractivity contribution in [1.82, 2.24) is 4.57 Å². The molecule has 1 heterocycles. The lowest BCUT2D eigenvalue weighted by atomic mass is 10.3. The molecule has 2 heteroatoms. The van der Waals surface area contributed by atoms with Crippen LogP contribution < -0.4 is 4.57 Å². The van der Waals surface area contributed by atoms with Gasteiger partial charge in [0, 0.05) is 6.92 Å². The second kappa shape index (κ2) is 4.96. The number of aryl methyl sites for hydroxylation is 2. The van der Waals surface area contributed by atoms with E-state index in [0.29, 0.717) is 0 Å². The van der Waals surface area contributed by atoms with Crippen molar-refractivity contribution in [2.24, 2.45) is 7.05 Å². The predicted molar refractivity (Wildman–Crippen MR) is 64.9 cm³/mol. The molecule has 0 atom stereocenters. The van der Waals surface area contributed by atoms with Crippen LogP contribution in [0.25, 0.3) is 11.0 Å². The molecule has 0 bridgehead atoms. The van der Waals surface area contributed by atoms with E-state index in [9.17, 15) is 0 Å². The van der Waals surface area contributed by atoms with Crippen molar-refractivity contribution in [3.63, 3.8) is 0 Å². The van der Waals surface area contributed by atoms with Crippen LogP contribution in [0.15, 0.2) is 24.3 Å². The standard InChI is InChI=1S/C11H15N2.C2H6/c1-4-13-9(2)12(3)10-7-5-6-8-11(10)13;1-2/h5-8H,4H2,1-3H3;1-2H3/q+1;. The Balaban J connectivity index is 0.000000531. The molecule has 0 saturated carbocycles. The molecule has 15 heavy (non-hydrogen) atoms. The second-order valence-electron chi connectivity index (χ2n) is 3.34. The molecule has 0 aliphatic rings. The smallest absolute Gasteiger partial charge is 0.230 e. The third-order valence-electron chi connectivity index (χ3n) is 2.73. The van der Waals surface area contributed by atoms with Crippen LogP contribution in [0, 0.1) is 6.92 Å². The molecule has 0 amide bonds. The highest BCUT2D eigenvalue weighted by atomic mass is 15.1. The molecule has 2 aromatic rings. The summed E-state index contributed by atoms with van der Waals surface area (Å²) in [6.45, 7) is 9.37. The third-order valence-corrected chi connectivity index (χ3v) is 2.73. The first kappa shape index (κ1) is 11.8. The zero-order valence-electron chi connectivity index (χ0n) is 10.4. The minimum absolute atomic E-state index is 1.03. The topological polar surface area (TPSA) is 8.81 Å². The lowest BCUT2D eigenvalue weighted by Gasteiger charge is -1.92. The van der Waals surface area contributed by atoms with Crippen LogP contribution in [0.4, 0.5) is 0 Å². The zero-order chi connectivity index (χ0) is 11.4. The van der Waals surface area contributed by atoms with Crippen LogP contribution in [-0.2, 0) is 13.6 Å². The molecule has 0 aliphatic carbocycles. The largest absolute Gasteiger partial charge is 0.253 e. The quantitative estimate of drug-likeness (QED) is 0.633. The number of hydrogen-bond acceptors (Lipinski definition) is 0. The molecule has 0 spiro atoms. The number of fused-ring (bicyclic) bond motifs is 1. The number of imidazole rings is 1. The fourth-order valence-electron chi connectivity index (χ4n) is 1.90. The zero-order valence-corrected chi connectivity index (χ0v) is 10.4. The van der Waals surface area contributed by atoms with Gasteiger partial charge < -0.3 is 0 Å². The summed E-state index contributed by atoms with van der Waals surface area (Å²) in [5, 5.41) is 0. The lowest BCUT2D eigenvalue weighted by molar-refractivity contribution is -0.652. The molecule has 2 rings (SSSR count). The van der Waals surface area contributed by atoms with E-state index in [0.717, 1.165) is 6.54 Å². The highest BCUT2D eigenvalue weighted by molar-refractivity contribution is 5.72. The normalized spacial score (nSPS) is 9.93. The van der Waals surface area contributed by atoms with Gasteiger partial charge in [-0.25, -0.2) is 9.13 Å². The van der Waals surface area contributed by atoms with Gasteiger partial charge in [-0.15, -0.1) is 0 Å². The maximum atomic E-state index is 2.33. The third kappa shape index (κ3) is 1.89. The summed E-state index contributed by atoms with van der Waals surface area (Å²) in [6, 6.07) is 8.51. The Hall–Kier alpha value is -1.31. The highest BCUT2D eigenvalue weighted by Gasteiger charge is 2.15. The van der Waals surface area contributed by atoms with Crippen LogP contribution in [0.3, 0.4) is 0 Å². The summed E-state index contributed by atoms with van der Waals surface area (Å²) >= 11 is 0. The van der Waals surface area contributed by atoms with Gasteiger partial charge >= 0.3 is 0 Å². The van der Waals surface area contributed by atoms with E-state index < -0.39 is 0 Å². The summed E-state index contributed by atoms with van der Waals surface area (Å²) < 4.78 is 4.56. The van der Waals surface area contributed by atoms with Gasteiger partial charge in [0.25, 0.3) is 5.82 Å². The van der Waals surface area contributed by atoms with Crippen molar-refractivity contribution in [3.05, 3.63) is 30.1 Å². The molecule has 0 aliphatic heterocycles. The Labute approximate surface area is 92.2 Å². The van der Waals surface area contributed by atoms with E-state index in [1.165, 1.54) is 16.9 Å². The van der Waals surface area contributed by atoms with E-state index in [-0.39, 0.29) is 0 Å². The maximum absolute atomic E-state index is 2.33. The molecule has 1 aromatic heterocycles. The maximum Gasteiger partial charge on any atom is 0.253 e. The SMILES string of the molecule is CC.CCn1c(C)[n+](C)c2ccccc21. The Morgan fingerprint density at radius 1 is 1.20 bits per heavy atom. The highest BCUT2D eigenvalue weighted by Crippen LogP contribution is 2.12. The van der Waals surface area contributed by atoms with Gasteiger partial charge in [0.1, 0.15) is 0 Å². The van der Waals surface area contributed by atoms with E-state index in [1.54, 1.807) is 0 Å². The van der Waals surface area contributed by atoms with Gasteiger partial charge in [-0.1, -0.05) is 26.0 Å². The van der Waals surface area contributed by atoms with Crippen molar-refractivity contribution in [2.45, 2.75) is 34.2 Å².